The van der Waals surface area contributed by atoms with Crippen molar-refractivity contribution in [3.63, 3.8) is 0 Å². The number of hydrogen-bond acceptors (Lipinski definition) is 2. The second kappa shape index (κ2) is 5.19. The number of benzene rings is 1. The monoisotopic (exact) mass is 259 g/mol. The van der Waals surface area contributed by atoms with Crippen molar-refractivity contribution in [3.05, 3.63) is 30.3 Å². The molecule has 0 saturated heterocycles. The molecule has 2 nitrogen and oxygen atoms in total. The van der Waals surface area contributed by atoms with Gasteiger partial charge in [-0.2, -0.15) is 0 Å². The predicted octanol–water partition coefficient (Wildman–Crippen LogP) is 4.02. The van der Waals surface area contributed by atoms with Crippen LogP contribution in [0.5, 0.6) is 0 Å². The van der Waals surface area contributed by atoms with Crippen LogP contribution in [0.3, 0.4) is 0 Å². The number of ketones is 1. The fraction of sp³-hybridized carbons (Fsp3) is 0.400. The maximum absolute atomic E-state index is 11.5. The zero-order valence-electron chi connectivity index (χ0n) is 10.3. The van der Waals surface area contributed by atoms with E-state index in [-0.39, 0.29) is 0 Å². The lowest BCUT2D eigenvalue weighted by Gasteiger charge is -2.05. The van der Waals surface area contributed by atoms with E-state index in [0.29, 0.717) is 11.7 Å². The molecule has 1 aliphatic rings. The van der Waals surface area contributed by atoms with Crippen LogP contribution < -0.4 is 0 Å². The zero-order valence-corrected chi connectivity index (χ0v) is 11.1. The van der Waals surface area contributed by atoms with Gasteiger partial charge in [-0.15, -0.1) is 11.8 Å². The number of para-hydroxylation sites is 1. The Hall–Kier alpha value is -1.22. The summed E-state index contributed by atoms with van der Waals surface area (Å²) in [6.45, 7) is 0. The fourth-order valence-corrected chi connectivity index (χ4v) is 3.64. The van der Waals surface area contributed by atoms with Gasteiger partial charge >= 0.3 is 0 Å². The number of carbonyl (C=O) groups excluding carboxylic acids is 1. The van der Waals surface area contributed by atoms with E-state index in [1.165, 1.54) is 15.9 Å². The summed E-state index contributed by atoms with van der Waals surface area (Å²) in [5.74, 6) is 1.84. The Kier molecular flexibility index (Phi) is 3.41. The van der Waals surface area contributed by atoms with Crippen molar-refractivity contribution in [2.75, 3.05) is 5.75 Å². The van der Waals surface area contributed by atoms with Crippen molar-refractivity contribution in [1.29, 1.82) is 0 Å². The van der Waals surface area contributed by atoms with Gasteiger partial charge in [0.2, 0.25) is 0 Å². The SMILES string of the molecule is O=C1CCCC1CCSc1cc2ccccc2[nH]1. The molecule has 94 valence electrons. The molecule has 1 aliphatic carbocycles. The largest absolute Gasteiger partial charge is 0.350 e. The molecule has 0 bridgehead atoms. The molecule has 0 amide bonds. The number of carbonyl (C=O) groups is 1. The highest BCUT2D eigenvalue weighted by Gasteiger charge is 2.23. The van der Waals surface area contributed by atoms with Crippen LogP contribution >= 0.6 is 11.8 Å². The summed E-state index contributed by atoms with van der Waals surface area (Å²) in [4.78, 5) is 15.0. The summed E-state index contributed by atoms with van der Waals surface area (Å²) in [6, 6.07) is 10.5. The first-order valence-corrected chi connectivity index (χ1v) is 7.55. The van der Waals surface area contributed by atoms with Gasteiger partial charge in [-0.1, -0.05) is 18.2 Å². The van der Waals surface area contributed by atoms with Crippen molar-refractivity contribution in [2.45, 2.75) is 30.7 Å². The third kappa shape index (κ3) is 2.46. The Morgan fingerprint density at radius 3 is 3.00 bits per heavy atom. The summed E-state index contributed by atoms with van der Waals surface area (Å²) < 4.78 is 0. The van der Waals surface area contributed by atoms with E-state index in [1.807, 2.05) is 17.8 Å². The Bertz CT molecular complexity index is 527. The molecule has 3 rings (SSSR count). The molecule has 1 aromatic carbocycles. The van der Waals surface area contributed by atoms with Gasteiger partial charge in [0, 0.05) is 29.0 Å². The fourth-order valence-electron chi connectivity index (χ4n) is 2.63. The van der Waals surface area contributed by atoms with Crippen LogP contribution in [0.2, 0.25) is 0 Å². The van der Waals surface area contributed by atoms with Gasteiger partial charge < -0.3 is 4.98 Å². The molecule has 3 heteroatoms. The maximum atomic E-state index is 11.5. The highest BCUT2D eigenvalue weighted by atomic mass is 32.2. The molecule has 1 N–H and O–H groups in total. The second-order valence-corrected chi connectivity index (χ2v) is 6.05. The van der Waals surface area contributed by atoms with Crippen LogP contribution in [0, 0.1) is 5.92 Å². The summed E-state index contributed by atoms with van der Waals surface area (Å²) in [6.07, 6.45) is 4.03. The van der Waals surface area contributed by atoms with E-state index in [4.69, 9.17) is 0 Å². The summed E-state index contributed by atoms with van der Waals surface area (Å²) in [7, 11) is 0. The highest BCUT2D eigenvalue weighted by molar-refractivity contribution is 7.99. The molecule has 1 saturated carbocycles. The van der Waals surface area contributed by atoms with Gasteiger partial charge in [0.15, 0.2) is 0 Å². The van der Waals surface area contributed by atoms with Gasteiger partial charge in [-0.05, 0) is 31.4 Å². The normalized spacial score (nSPS) is 19.8. The van der Waals surface area contributed by atoms with Gasteiger partial charge in [-0.3, -0.25) is 4.79 Å². The minimum absolute atomic E-state index is 0.335. The number of rotatable bonds is 4. The minimum atomic E-state index is 0.335. The zero-order chi connectivity index (χ0) is 12.4. The van der Waals surface area contributed by atoms with Gasteiger partial charge in [0.05, 0.1) is 5.03 Å². The van der Waals surface area contributed by atoms with Crippen molar-refractivity contribution >= 4 is 28.4 Å². The molecule has 1 unspecified atom stereocenters. The van der Waals surface area contributed by atoms with E-state index >= 15 is 0 Å². The molecular weight excluding hydrogens is 242 g/mol. The number of fused-ring (bicyclic) bond motifs is 1. The highest BCUT2D eigenvalue weighted by Crippen LogP contribution is 2.29. The molecule has 1 atom stereocenters. The van der Waals surface area contributed by atoms with Crippen LogP contribution in [0.1, 0.15) is 25.7 Å². The Morgan fingerprint density at radius 1 is 1.33 bits per heavy atom. The topological polar surface area (TPSA) is 32.9 Å². The van der Waals surface area contributed by atoms with Crippen LogP contribution in [-0.2, 0) is 4.79 Å². The first kappa shape index (κ1) is 11.8. The van der Waals surface area contributed by atoms with Crippen molar-refractivity contribution in [3.8, 4) is 0 Å². The van der Waals surface area contributed by atoms with Crippen LogP contribution in [0.25, 0.3) is 10.9 Å². The van der Waals surface area contributed by atoms with E-state index in [0.717, 1.165) is 31.4 Å². The molecule has 0 aliphatic heterocycles. The van der Waals surface area contributed by atoms with Crippen molar-refractivity contribution in [1.82, 2.24) is 4.98 Å². The first-order valence-electron chi connectivity index (χ1n) is 6.56. The number of Topliss-reactive ketones (excluding diaryl/α,β-unsaturated/α-hetero) is 1. The summed E-state index contributed by atoms with van der Waals surface area (Å²) in [5.41, 5.74) is 1.19. The average Bonchev–Trinajstić information content (AvgIpc) is 2.96. The Balaban J connectivity index is 1.58. The van der Waals surface area contributed by atoms with E-state index in [9.17, 15) is 4.79 Å². The second-order valence-electron chi connectivity index (χ2n) is 4.91. The van der Waals surface area contributed by atoms with E-state index < -0.39 is 0 Å². The third-order valence-corrected chi connectivity index (χ3v) is 4.63. The molecule has 1 aromatic heterocycles. The summed E-state index contributed by atoms with van der Waals surface area (Å²) in [5, 5.41) is 2.47. The standard InChI is InChI=1S/C15H17NOS/c17-14-7-3-5-11(14)8-9-18-15-10-12-4-1-2-6-13(12)16-15/h1-2,4,6,10-11,16H,3,5,7-9H2. The predicted molar refractivity (Wildman–Crippen MR) is 76.0 cm³/mol. The number of aromatic amines is 1. The van der Waals surface area contributed by atoms with Crippen molar-refractivity contribution in [2.24, 2.45) is 5.92 Å². The third-order valence-electron chi connectivity index (χ3n) is 3.66. The molecular formula is C15H17NOS. The number of hydrogen-bond donors (Lipinski definition) is 1. The average molecular weight is 259 g/mol. The molecule has 0 radical (unpaired) electrons. The molecule has 1 fully saturated rings. The lowest BCUT2D eigenvalue weighted by Crippen LogP contribution is -2.06. The molecule has 2 aromatic rings. The van der Waals surface area contributed by atoms with Crippen molar-refractivity contribution < 1.29 is 4.79 Å². The number of aromatic nitrogens is 1. The molecule has 0 spiro atoms. The van der Waals surface area contributed by atoms with Crippen LogP contribution in [-0.4, -0.2) is 16.5 Å². The Morgan fingerprint density at radius 2 is 2.22 bits per heavy atom. The van der Waals surface area contributed by atoms with Gasteiger partial charge in [0.25, 0.3) is 0 Å². The molecule has 1 heterocycles. The molecule has 18 heavy (non-hydrogen) atoms. The maximum Gasteiger partial charge on any atom is 0.136 e. The number of nitrogens with one attached hydrogen (secondary N) is 1. The summed E-state index contributed by atoms with van der Waals surface area (Å²) >= 11 is 1.83. The number of thioether (sulfide) groups is 1. The minimum Gasteiger partial charge on any atom is -0.350 e. The lowest BCUT2D eigenvalue weighted by atomic mass is 10.1. The van der Waals surface area contributed by atoms with Crippen LogP contribution in [0.15, 0.2) is 35.4 Å². The number of H-pyrrole nitrogens is 1. The smallest absolute Gasteiger partial charge is 0.136 e. The lowest BCUT2D eigenvalue weighted by molar-refractivity contribution is -0.120. The first-order chi connectivity index (χ1) is 8.83. The van der Waals surface area contributed by atoms with Gasteiger partial charge in [-0.25, -0.2) is 0 Å². The Labute approximate surface area is 111 Å². The quantitative estimate of drug-likeness (QED) is 0.841. The van der Waals surface area contributed by atoms with Crippen LogP contribution in [0.4, 0.5) is 0 Å². The van der Waals surface area contributed by atoms with E-state index in [2.05, 4.69) is 29.2 Å². The van der Waals surface area contributed by atoms with Gasteiger partial charge in [0.1, 0.15) is 5.78 Å². The van der Waals surface area contributed by atoms with E-state index in [1.54, 1.807) is 0 Å².